The largest absolute Gasteiger partial charge is 0.347 e. The van der Waals surface area contributed by atoms with Gasteiger partial charge in [0, 0.05) is 31.9 Å². The first-order valence-corrected chi connectivity index (χ1v) is 8.77. The minimum absolute atomic E-state index is 0.590. The first-order valence-electron chi connectivity index (χ1n) is 8.40. The topological polar surface area (TPSA) is 64.7 Å². The van der Waals surface area contributed by atoms with Gasteiger partial charge in [-0.1, -0.05) is 23.7 Å². The highest BCUT2D eigenvalue weighted by Gasteiger charge is 2.21. The Bertz CT molecular complexity index is 1110. The number of hydrogen-bond acceptors (Lipinski definition) is 5. The lowest BCUT2D eigenvalue weighted by Crippen LogP contribution is -2.34. The van der Waals surface area contributed by atoms with Crippen molar-refractivity contribution in [2.45, 2.75) is 13.1 Å². The highest BCUT2D eigenvalue weighted by atomic mass is 35.5. The number of anilines is 1. The number of aromatic nitrogens is 6. The van der Waals surface area contributed by atoms with Crippen LogP contribution in [-0.2, 0) is 20.1 Å². The van der Waals surface area contributed by atoms with Crippen LogP contribution in [0.15, 0.2) is 42.9 Å². The molecular weight excluding hydrogens is 350 g/mol. The van der Waals surface area contributed by atoms with Gasteiger partial charge in [0.2, 0.25) is 0 Å². The van der Waals surface area contributed by atoms with Crippen LogP contribution in [0.5, 0.6) is 0 Å². The summed E-state index contributed by atoms with van der Waals surface area (Å²) in [5, 5.41) is 8.74. The Morgan fingerprint density at radius 3 is 2.92 bits per heavy atom. The number of hydrogen-bond donors (Lipinski definition) is 0. The van der Waals surface area contributed by atoms with Gasteiger partial charge in [0.1, 0.15) is 18.0 Å². The molecule has 130 valence electrons. The van der Waals surface area contributed by atoms with Crippen molar-refractivity contribution in [3.63, 3.8) is 0 Å². The maximum Gasteiger partial charge on any atom is 0.152 e. The van der Waals surface area contributed by atoms with Crippen molar-refractivity contribution < 1.29 is 0 Å². The fraction of sp³-hybridized carbons (Fsp3) is 0.222. The van der Waals surface area contributed by atoms with E-state index in [1.807, 2.05) is 31.3 Å². The molecule has 0 unspecified atom stereocenters. The molecule has 3 aromatic heterocycles. The molecule has 0 radical (unpaired) electrons. The van der Waals surface area contributed by atoms with Gasteiger partial charge in [-0.05, 0) is 18.2 Å². The maximum absolute atomic E-state index is 6.47. The van der Waals surface area contributed by atoms with Crippen LogP contribution in [-0.4, -0.2) is 35.8 Å². The average Bonchev–Trinajstić information content (AvgIpc) is 3.26. The number of fused-ring (bicyclic) bond motifs is 2. The summed E-state index contributed by atoms with van der Waals surface area (Å²) < 4.78 is 4.13. The number of halogens is 1. The van der Waals surface area contributed by atoms with Crippen molar-refractivity contribution in [2.24, 2.45) is 7.05 Å². The van der Waals surface area contributed by atoms with Crippen molar-refractivity contribution >= 4 is 28.5 Å². The van der Waals surface area contributed by atoms with Gasteiger partial charge in [-0.25, -0.2) is 9.97 Å². The Labute approximate surface area is 154 Å². The summed E-state index contributed by atoms with van der Waals surface area (Å²) in [6.07, 6.45) is 3.47. The molecule has 4 aromatic rings. The fourth-order valence-corrected chi connectivity index (χ4v) is 3.61. The molecule has 0 N–H and O–H groups in total. The van der Waals surface area contributed by atoms with Crippen molar-refractivity contribution in [3.05, 3.63) is 53.7 Å². The summed E-state index contributed by atoms with van der Waals surface area (Å²) in [7, 11) is 2.00. The zero-order chi connectivity index (χ0) is 17.7. The molecule has 5 rings (SSSR count). The van der Waals surface area contributed by atoms with Crippen molar-refractivity contribution in [1.82, 2.24) is 29.3 Å². The molecule has 0 aliphatic carbocycles. The summed E-state index contributed by atoms with van der Waals surface area (Å²) in [6.45, 7) is 2.37. The standard InChI is InChI=1S/C18H16ClN7/c1-24-15-5-3-2-4-14(15)22-18(24)12-8-16(20-9-13(12)19)25-6-7-26-11-21-23-17(26)10-25/h2-5,8-9,11H,6-7,10H2,1H3. The van der Waals surface area contributed by atoms with Crippen molar-refractivity contribution in [2.75, 3.05) is 11.4 Å². The van der Waals surface area contributed by atoms with Gasteiger partial charge in [-0.15, -0.1) is 10.2 Å². The number of pyridine rings is 1. The Morgan fingerprint density at radius 2 is 2.04 bits per heavy atom. The first-order chi connectivity index (χ1) is 12.7. The second kappa shape index (κ2) is 5.81. The Hall–Kier alpha value is -2.93. The molecule has 0 saturated carbocycles. The molecule has 1 aliphatic rings. The molecule has 1 aromatic carbocycles. The zero-order valence-corrected chi connectivity index (χ0v) is 14.9. The molecule has 0 fully saturated rings. The summed E-state index contributed by atoms with van der Waals surface area (Å²) in [4.78, 5) is 11.5. The van der Waals surface area contributed by atoms with E-state index in [1.54, 1.807) is 12.5 Å². The minimum atomic E-state index is 0.590. The molecule has 0 amide bonds. The van der Waals surface area contributed by atoms with Crippen LogP contribution in [0.4, 0.5) is 5.82 Å². The van der Waals surface area contributed by atoms with Crippen LogP contribution >= 0.6 is 11.6 Å². The average molecular weight is 366 g/mol. The van der Waals surface area contributed by atoms with Gasteiger partial charge in [-0.2, -0.15) is 0 Å². The van der Waals surface area contributed by atoms with E-state index in [4.69, 9.17) is 16.6 Å². The van der Waals surface area contributed by atoms with Crippen LogP contribution in [0.25, 0.3) is 22.4 Å². The molecule has 0 spiro atoms. The molecule has 1 aliphatic heterocycles. The molecule has 0 atom stereocenters. The van der Waals surface area contributed by atoms with Crippen LogP contribution in [0.1, 0.15) is 5.82 Å². The van der Waals surface area contributed by atoms with E-state index >= 15 is 0 Å². The SMILES string of the molecule is Cn1c(-c2cc(N3CCn4cnnc4C3)ncc2Cl)nc2ccccc21. The van der Waals surface area contributed by atoms with Crippen molar-refractivity contribution in [1.29, 1.82) is 0 Å². The highest BCUT2D eigenvalue weighted by Crippen LogP contribution is 2.32. The number of rotatable bonds is 2. The minimum Gasteiger partial charge on any atom is -0.347 e. The third-order valence-corrected chi connectivity index (χ3v) is 5.13. The van der Waals surface area contributed by atoms with Gasteiger partial charge < -0.3 is 14.0 Å². The normalized spacial score (nSPS) is 14.0. The summed E-state index contributed by atoms with van der Waals surface area (Å²) in [5.41, 5.74) is 2.90. The Balaban J connectivity index is 1.58. The highest BCUT2D eigenvalue weighted by molar-refractivity contribution is 6.33. The van der Waals surface area contributed by atoms with E-state index in [-0.39, 0.29) is 0 Å². The molecule has 4 heterocycles. The van der Waals surface area contributed by atoms with Crippen molar-refractivity contribution in [3.8, 4) is 11.4 Å². The van der Waals surface area contributed by atoms with Gasteiger partial charge in [-0.3, -0.25) is 0 Å². The maximum atomic E-state index is 6.47. The third kappa shape index (κ3) is 2.35. The molecule has 0 bridgehead atoms. The molecule has 0 saturated heterocycles. The molecule has 26 heavy (non-hydrogen) atoms. The second-order valence-corrected chi connectivity index (χ2v) is 6.77. The second-order valence-electron chi connectivity index (χ2n) is 6.37. The quantitative estimate of drug-likeness (QED) is 0.546. The number of aryl methyl sites for hydroxylation is 1. The van der Waals surface area contributed by atoms with E-state index < -0.39 is 0 Å². The third-order valence-electron chi connectivity index (χ3n) is 4.83. The molecule has 8 heteroatoms. The van der Waals surface area contributed by atoms with E-state index in [2.05, 4.69) is 35.3 Å². The lowest BCUT2D eigenvalue weighted by Gasteiger charge is -2.28. The zero-order valence-electron chi connectivity index (χ0n) is 14.2. The van der Waals surface area contributed by atoms with Gasteiger partial charge in [0.05, 0.1) is 22.6 Å². The number of nitrogens with zero attached hydrogens (tertiary/aromatic N) is 7. The predicted octanol–water partition coefficient (Wildman–Crippen LogP) is 2.90. The summed E-state index contributed by atoms with van der Waals surface area (Å²) in [6, 6.07) is 10.1. The molecule has 7 nitrogen and oxygen atoms in total. The van der Waals surface area contributed by atoms with E-state index in [1.165, 1.54) is 0 Å². The smallest absolute Gasteiger partial charge is 0.152 e. The number of imidazole rings is 1. The van der Waals surface area contributed by atoms with Crippen LogP contribution in [0.3, 0.4) is 0 Å². The van der Waals surface area contributed by atoms with E-state index in [0.717, 1.165) is 47.2 Å². The van der Waals surface area contributed by atoms with Crippen LogP contribution in [0.2, 0.25) is 5.02 Å². The van der Waals surface area contributed by atoms with Gasteiger partial charge in [0.25, 0.3) is 0 Å². The molecular formula is C18H16ClN7. The summed E-state index contributed by atoms with van der Waals surface area (Å²) >= 11 is 6.47. The number of benzene rings is 1. The predicted molar refractivity (Wildman–Crippen MR) is 100 cm³/mol. The lowest BCUT2D eigenvalue weighted by molar-refractivity contribution is 0.556. The summed E-state index contributed by atoms with van der Waals surface area (Å²) in [5.74, 6) is 2.64. The van der Waals surface area contributed by atoms with Crippen LogP contribution in [0, 0.1) is 0 Å². The Morgan fingerprint density at radius 1 is 1.15 bits per heavy atom. The first kappa shape index (κ1) is 15.3. The fourth-order valence-electron chi connectivity index (χ4n) is 3.42. The Kier molecular flexibility index (Phi) is 3.43. The number of para-hydroxylation sites is 2. The van der Waals surface area contributed by atoms with E-state index in [0.29, 0.717) is 11.6 Å². The van der Waals surface area contributed by atoms with Gasteiger partial charge >= 0.3 is 0 Å². The van der Waals surface area contributed by atoms with E-state index in [9.17, 15) is 0 Å². The van der Waals surface area contributed by atoms with Gasteiger partial charge in [0.15, 0.2) is 5.82 Å². The lowest BCUT2D eigenvalue weighted by atomic mass is 10.2. The monoisotopic (exact) mass is 365 g/mol. The van der Waals surface area contributed by atoms with Crippen LogP contribution < -0.4 is 4.90 Å².